The summed E-state index contributed by atoms with van der Waals surface area (Å²) in [6, 6.07) is 12.5. The number of carbonyl (C=O) groups excluding carboxylic acids is 2. The molecular formula is C22H26F2N2O5. The van der Waals surface area contributed by atoms with Crippen LogP contribution in [0.2, 0.25) is 0 Å². The molecule has 168 valence electrons. The molecule has 31 heavy (non-hydrogen) atoms. The van der Waals surface area contributed by atoms with Gasteiger partial charge in [-0.25, -0.2) is 9.18 Å². The van der Waals surface area contributed by atoms with Crippen molar-refractivity contribution in [2.45, 2.75) is 26.3 Å². The Kier molecular flexibility index (Phi) is 11.3. The van der Waals surface area contributed by atoms with Crippen LogP contribution in [0.3, 0.4) is 0 Å². The van der Waals surface area contributed by atoms with Crippen LogP contribution in [0.4, 0.5) is 8.78 Å². The summed E-state index contributed by atoms with van der Waals surface area (Å²) < 4.78 is 30.3. The lowest BCUT2D eigenvalue weighted by molar-refractivity contribution is -0.150. The summed E-state index contributed by atoms with van der Waals surface area (Å²) in [5.74, 6) is -0.659. The van der Waals surface area contributed by atoms with Crippen molar-refractivity contribution < 1.29 is 33.0 Å². The number of carboxylic acid groups (broad SMARTS) is 1. The van der Waals surface area contributed by atoms with E-state index >= 15 is 0 Å². The summed E-state index contributed by atoms with van der Waals surface area (Å²) in [5.41, 5.74) is 1.18. The van der Waals surface area contributed by atoms with E-state index in [0.717, 1.165) is 10.6 Å². The van der Waals surface area contributed by atoms with Gasteiger partial charge in [-0.2, -0.15) is 0 Å². The second-order valence-electron chi connectivity index (χ2n) is 6.38. The highest BCUT2D eigenvalue weighted by atomic mass is 19.1. The molecule has 7 nitrogen and oxygen atoms in total. The van der Waals surface area contributed by atoms with Crippen LogP contribution >= 0.6 is 0 Å². The molecule has 0 aliphatic heterocycles. The molecule has 2 N–H and O–H groups in total. The molecule has 0 heterocycles. The van der Waals surface area contributed by atoms with Crippen LogP contribution in [0, 0.1) is 12.7 Å². The summed E-state index contributed by atoms with van der Waals surface area (Å²) in [6.07, 6.45) is 0.0900. The second-order valence-corrected chi connectivity index (χ2v) is 6.38. The number of alkyl halides is 1. The van der Waals surface area contributed by atoms with Gasteiger partial charge in [-0.15, -0.1) is 0 Å². The number of likely N-dealkylation sites (N-methyl/N-ethyl adjacent to an activating group) is 1. The van der Waals surface area contributed by atoms with Gasteiger partial charge in [0.05, 0.1) is 13.2 Å². The van der Waals surface area contributed by atoms with E-state index in [1.165, 1.54) is 17.7 Å². The van der Waals surface area contributed by atoms with Gasteiger partial charge in [0.15, 0.2) is 0 Å². The number of aliphatic carboxylic acids is 1. The Labute approximate surface area is 179 Å². The maximum Gasteiger partial charge on any atom is 0.326 e. The normalized spacial score (nSPS) is 10.8. The molecular weight excluding hydrogens is 410 g/mol. The molecule has 2 amide bonds. The molecule has 0 aliphatic rings. The molecule has 1 atom stereocenters. The minimum absolute atomic E-state index is 0.149. The highest BCUT2D eigenvalue weighted by Gasteiger charge is 2.27. The molecule has 9 heteroatoms. The molecule has 0 bridgehead atoms. The van der Waals surface area contributed by atoms with Crippen molar-refractivity contribution in [2.24, 2.45) is 0 Å². The maximum absolute atomic E-state index is 12.6. The number of hydrogen-bond donors (Lipinski definition) is 2. The average molecular weight is 436 g/mol. The quantitative estimate of drug-likeness (QED) is 0.557. The largest absolute Gasteiger partial charge is 0.480 e. The first kappa shape index (κ1) is 25.5. The zero-order valence-electron chi connectivity index (χ0n) is 17.4. The third-order valence-electron chi connectivity index (χ3n) is 4.11. The average Bonchev–Trinajstić information content (AvgIpc) is 2.75. The molecule has 0 fully saturated rings. The van der Waals surface area contributed by atoms with Crippen molar-refractivity contribution in [3.05, 3.63) is 59.9 Å². The predicted octanol–water partition coefficient (Wildman–Crippen LogP) is 3.32. The van der Waals surface area contributed by atoms with Gasteiger partial charge in [0.2, 0.25) is 12.3 Å². The van der Waals surface area contributed by atoms with Crippen LogP contribution in [0.5, 0.6) is 11.5 Å². The number of amides is 2. The summed E-state index contributed by atoms with van der Waals surface area (Å²) in [4.78, 5) is 33.3. The smallest absolute Gasteiger partial charge is 0.326 e. The Balaban J connectivity index is 0.000000310. The number of benzene rings is 2. The molecule has 0 saturated carbocycles. The standard InChI is InChI=1S/C13H11FO.C9H15FN2O4/c1-10-2-6-12(7-3-10)15-13-8-4-11(14)5-9-13;1-2-12(8(14)5-11-6-13)7(3-4-10)9(15)16/h2-9H,1H3;6-7H,2-5H2,1H3,(H,11,13)(H,15,16). The van der Waals surface area contributed by atoms with Gasteiger partial charge in [0, 0.05) is 13.0 Å². The lowest BCUT2D eigenvalue weighted by Gasteiger charge is -2.27. The third kappa shape index (κ3) is 9.24. The molecule has 0 spiro atoms. The predicted molar refractivity (Wildman–Crippen MR) is 111 cm³/mol. The van der Waals surface area contributed by atoms with E-state index in [2.05, 4.69) is 5.32 Å². The first-order valence-electron chi connectivity index (χ1n) is 9.57. The van der Waals surface area contributed by atoms with Crippen LogP contribution < -0.4 is 10.1 Å². The van der Waals surface area contributed by atoms with E-state index in [1.807, 2.05) is 31.2 Å². The minimum atomic E-state index is -1.25. The van der Waals surface area contributed by atoms with Gasteiger partial charge >= 0.3 is 5.97 Å². The Morgan fingerprint density at radius 1 is 1.13 bits per heavy atom. The zero-order valence-corrected chi connectivity index (χ0v) is 17.4. The number of carbonyl (C=O) groups is 3. The van der Waals surface area contributed by atoms with E-state index in [4.69, 9.17) is 9.84 Å². The topological polar surface area (TPSA) is 95.9 Å². The van der Waals surface area contributed by atoms with Crippen molar-refractivity contribution in [1.82, 2.24) is 10.2 Å². The first-order valence-corrected chi connectivity index (χ1v) is 9.57. The fraction of sp³-hybridized carbons (Fsp3) is 0.318. The Hall–Kier alpha value is -3.49. The number of hydrogen-bond acceptors (Lipinski definition) is 4. The Morgan fingerprint density at radius 3 is 2.13 bits per heavy atom. The summed E-state index contributed by atoms with van der Waals surface area (Å²) >= 11 is 0. The molecule has 2 rings (SSSR count). The molecule has 0 aromatic heterocycles. The lowest BCUT2D eigenvalue weighted by atomic mass is 10.2. The van der Waals surface area contributed by atoms with E-state index in [0.29, 0.717) is 12.2 Å². The lowest BCUT2D eigenvalue weighted by Crippen LogP contribution is -2.48. The van der Waals surface area contributed by atoms with Crippen molar-refractivity contribution in [1.29, 1.82) is 0 Å². The maximum atomic E-state index is 12.6. The summed E-state index contributed by atoms with van der Waals surface area (Å²) in [7, 11) is 0. The fourth-order valence-corrected chi connectivity index (χ4v) is 2.56. The van der Waals surface area contributed by atoms with E-state index in [9.17, 15) is 23.2 Å². The number of carboxylic acids is 1. The number of rotatable bonds is 10. The summed E-state index contributed by atoms with van der Waals surface area (Å²) in [5, 5.41) is 11.0. The fourth-order valence-electron chi connectivity index (χ4n) is 2.56. The highest BCUT2D eigenvalue weighted by molar-refractivity contribution is 5.85. The van der Waals surface area contributed by atoms with E-state index in [-0.39, 0.29) is 25.3 Å². The van der Waals surface area contributed by atoms with Crippen LogP contribution in [0.15, 0.2) is 48.5 Å². The van der Waals surface area contributed by atoms with Crippen molar-refractivity contribution >= 4 is 18.3 Å². The van der Waals surface area contributed by atoms with Crippen LogP contribution in [0.1, 0.15) is 18.9 Å². The number of halogens is 2. The Morgan fingerprint density at radius 2 is 1.68 bits per heavy atom. The van der Waals surface area contributed by atoms with Crippen molar-refractivity contribution in [3.8, 4) is 11.5 Å². The van der Waals surface area contributed by atoms with Gasteiger partial charge < -0.3 is 20.1 Å². The molecule has 1 unspecified atom stereocenters. The van der Waals surface area contributed by atoms with Crippen LogP contribution in [0.25, 0.3) is 0 Å². The number of nitrogens with zero attached hydrogens (tertiary/aromatic N) is 1. The molecule has 0 radical (unpaired) electrons. The van der Waals surface area contributed by atoms with Gasteiger partial charge in [-0.1, -0.05) is 17.7 Å². The molecule has 0 aliphatic carbocycles. The van der Waals surface area contributed by atoms with Crippen molar-refractivity contribution in [3.63, 3.8) is 0 Å². The number of ether oxygens (including phenoxy) is 1. The number of nitrogens with one attached hydrogen (secondary N) is 1. The third-order valence-corrected chi connectivity index (χ3v) is 4.11. The van der Waals surface area contributed by atoms with Crippen LogP contribution in [-0.4, -0.2) is 54.1 Å². The van der Waals surface area contributed by atoms with Gasteiger partial charge in [0.25, 0.3) is 0 Å². The van der Waals surface area contributed by atoms with Gasteiger partial charge in [-0.05, 0) is 50.2 Å². The molecule has 2 aromatic carbocycles. The second kappa shape index (κ2) is 13.7. The SMILES string of the molecule is CCN(C(=O)CNC=O)C(CCF)C(=O)O.Cc1ccc(Oc2ccc(F)cc2)cc1. The Bertz CT molecular complexity index is 785. The molecule has 0 saturated heterocycles. The highest BCUT2D eigenvalue weighted by Crippen LogP contribution is 2.21. The van der Waals surface area contributed by atoms with Crippen molar-refractivity contribution in [2.75, 3.05) is 19.8 Å². The monoisotopic (exact) mass is 436 g/mol. The minimum Gasteiger partial charge on any atom is -0.480 e. The van der Waals surface area contributed by atoms with E-state index in [1.54, 1.807) is 19.1 Å². The first-order chi connectivity index (χ1) is 14.8. The van der Waals surface area contributed by atoms with Crippen LogP contribution in [-0.2, 0) is 14.4 Å². The van der Waals surface area contributed by atoms with Gasteiger partial charge in [0.1, 0.15) is 23.4 Å². The zero-order chi connectivity index (χ0) is 23.2. The summed E-state index contributed by atoms with van der Waals surface area (Å²) in [6.45, 7) is 2.65. The molecule has 2 aromatic rings. The van der Waals surface area contributed by atoms with Gasteiger partial charge in [-0.3, -0.25) is 14.0 Å². The number of aryl methyl sites for hydroxylation is 1. The van der Waals surface area contributed by atoms with E-state index < -0.39 is 24.6 Å².